The lowest BCUT2D eigenvalue weighted by Gasteiger charge is -2.62. The first kappa shape index (κ1) is 21.6. The summed E-state index contributed by atoms with van der Waals surface area (Å²) in [6.07, 6.45) is 10.8. The zero-order valence-electron chi connectivity index (χ0n) is 19.0. The number of hydrogen-bond acceptors (Lipinski definition) is 4. The lowest BCUT2D eigenvalue weighted by atomic mass is 9.43. The lowest BCUT2D eigenvalue weighted by Crippen LogP contribution is -2.59. The van der Waals surface area contributed by atoms with Crippen LogP contribution in [0.5, 0.6) is 0 Å². The van der Waals surface area contributed by atoms with Crippen molar-refractivity contribution in [3.8, 4) is 0 Å². The smallest absolute Gasteiger partial charge is 0.305 e. The molecule has 4 fully saturated rings. The van der Waals surface area contributed by atoms with Crippen molar-refractivity contribution in [3.63, 3.8) is 0 Å². The van der Waals surface area contributed by atoms with Crippen LogP contribution in [0.4, 0.5) is 0 Å². The number of nitrogens with two attached hydrogens (primary N) is 1. The third kappa shape index (κ3) is 3.46. The van der Waals surface area contributed by atoms with Crippen molar-refractivity contribution in [1.29, 1.82) is 0 Å². The molecule has 4 aliphatic rings. The average molecular weight is 406 g/mol. The molecule has 4 nitrogen and oxygen atoms in total. The highest BCUT2D eigenvalue weighted by molar-refractivity contribution is 5.69. The minimum absolute atomic E-state index is 0.0857. The maximum atomic E-state index is 11.7. The van der Waals surface area contributed by atoms with Gasteiger partial charge in [0, 0.05) is 12.5 Å². The molecule has 10 atom stereocenters. The summed E-state index contributed by atoms with van der Waals surface area (Å²) in [6.45, 7) is 7.38. The van der Waals surface area contributed by atoms with Gasteiger partial charge in [0.15, 0.2) is 0 Å². The normalized spacial score (nSPS) is 50.2. The summed E-state index contributed by atoms with van der Waals surface area (Å²) in [5, 5.41) is 11.3. The van der Waals surface area contributed by atoms with Gasteiger partial charge in [0.25, 0.3) is 0 Å². The molecular formula is C25H43NO3. The SMILES string of the molecule is COC(=O)CC[C@@H](C)[C@H]1CC[C@H]2C3[C@@H](O)CC4C[C@H](N)CC[C@]4(C)[C@H]3CC[C@]12C. The van der Waals surface area contributed by atoms with Crippen LogP contribution in [0.1, 0.15) is 85.0 Å². The first-order valence-electron chi connectivity index (χ1n) is 12.2. The molecule has 0 bridgehead atoms. The van der Waals surface area contributed by atoms with Gasteiger partial charge in [0.05, 0.1) is 13.2 Å². The maximum Gasteiger partial charge on any atom is 0.305 e. The van der Waals surface area contributed by atoms with E-state index in [1.165, 1.54) is 39.2 Å². The second-order valence-electron chi connectivity index (χ2n) is 11.7. The predicted molar refractivity (Wildman–Crippen MR) is 115 cm³/mol. The van der Waals surface area contributed by atoms with Gasteiger partial charge in [-0.1, -0.05) is 20.8 Å². The van der Waals surface area contributed by atoms with Gasteiger partial charge < -0.3 is 15.6 Å². The van der Waals surface area contributed by atoms with Crippen LogP contribution in [0, 0.1) is 46.3 Å². The number of fused-ring (bicyclic) bond motifs is 5. The minimum atomic E-state index is -0.155. The van der Waals surface area contributed by atoms with Gasteiger partial charge in [0.2, 0.25) is 0 Å². The molecule has 4 rings (SSSR count). The van der Waals surface area contributed by atoms with E-state index in [0.717, 1.165) is 25.7 Å². The van der Waals surface area contributed by atoms with Crippen molar-refractivity contribution >= 4 is 5.97 Å². The summed E-state index contributed by atoms with van der Waals surface area (Å²) in [5.74, 6) is 3.47. The van der Waals surface area contributed by atoms with Crippen LogP contribution in [-0.4, -0.2) is 30.3 Å². The van der Waals surface area contributed by atoms with Gasteiger partial charge in [-0.05, 0) is 104 Å². The minimum Gasteiger partial charge on any atom is -0.469 e. The molecule has 2 unspecified atom stereocenters. The van der Waals surface area contributed by atoms with Crippen LogP contribution < -0.4 is 5.73 Å². The molecule has 4 saturated carbocycles. The summed E-state index contributed by atoms with van der Waals surface area (Å²) in [4.78, 5) is 11.7. The largest absolute Gasteiger partial charge is 0.469 e. The highest BCUT2D eigenvalue weighted by Gasteiger charge is 2.62. The third-order valence-electron chi connectivity index (χ3n) is 10.5. The second kappa shape index (κ2) is 7.82. The van der Waals surface area contributed by atoms with E-state index in [2.05, 4.69) is 20.8 Å². The van der Waals surface area contributed by atoms with Crippen LogP contribution in [0.2, 0.25) is 0 Å². The summed E-state index contributed by atoms with van der Waals surface area (Å²) in [5.41, 5.74) is 7.00. The fourth-order valence-electron chi connectivity index (χ4n) is 8.88. The Morgan fingerprint density at radius 1 is 1.10 bits per heavy atom. The van der Waals surface area contributed by atoms with Crippen molar-refractivity contribution in [2.24, 2.45) is 52.1 Å². The van der Waals surface area contributed by atoms with E-state index in [1.54, 1.807) is 0 Å². The van der Waals surface area contributed by atoms with Gasteiger partial charge in [-0.3, -0.25) is 4.79 Å². The molecule has 0 aromatic heterocycles. The standard InChI is InChI=1S/C25H43NO3/c1-15(5-8-22(28)29-4)18-6-7-19-23-20(10-12-25(18,19)3)24(2)11-9-17(26)13-16(24)14-21(23)27/h15-21,23,27H,5-14,26H2,1-4H3/t15-,16?,17-,18-,19+,20+,21+,23?,24+,25-/m1/s1. The molecule has 0 saturated heterocycles. The highest BCUT2D eigenvalue weighted by Crippen LogP contribution is 2.68. The Labute approximate surface area is 177 Å². The molecule has 166 valence electrons. The molecule has 0 radical (unpaired) electrons. The van der Waals surface area contributed by atoms with Crippen LogP contribution >= 0.6 is 0 Å². The first-order chi connectivity index (χ1) is 13.7. The lowest BCUT2D eigenvalue weighted by molar-refractivity contribution is -0.166. The summed E-state index contributed by atoms with van der Waals surface area (Å²) >= 11 is 0. The quantitative estimate of drug-likeness (QED) is 0.674. The number of methoxy groups -OCH3 is 1. The molecular weight excluding hydrogens is 362 g/mol. The van der Waals surface area contributed by atoms with Crippen molar-refractivity contribution in [2.45, 2.75) is 97.1 Å². The molecule has 0 aromatic rings. The fourth-order valence-corrected chi connectivity index (χ4v) is 8.88. The van der Waals surface area contributed by atoms with Crippen LogP contribution in [0.3, 0.4) is 0 Å². The number of ether oxygens (including phenoxy) is 1. The van der Waals surface area contributed by atoms with Crippen LogP contribution in [-0.2, 0) is 9.53 Å². The topological polar surface area (TPSA) is 72.5 Å². The van der Waals surface area contributed by atoms with Crippen molar-refractivity contribution in [1.82, 2.24) is 0 Å². The molecule has 4 heteroatoms. The molecule has 29 heavy (non-hydrogen) atoms. The molecule has 0 aromatic carbocycles. The number of rotatable bonds is 4. The second-order valence-corrected chi connectivity index (χ2v) is 11.7. The molecule has 0 amide bonds. The Morgan fingerprint density at radius 3 is 2.52 bits per heavy atom. The number of aliphatic hydroxyl groups is 1. The zero-order valence-corrected chi connectivity index (χ0v) is 19.0. The number of hydrogen-bond donors (Lipinski definition) is 2. The monoisotopic (exact) mass is 405 g/mol. The van der Waals surface area contributed by atoms with Gasteiger partial charge in [-0.25, -0.2) is 0 Å². The summed E-state index contributed by atoms with van der Waals surface area (Å²) in [6, 6.07) is 0.331. The van der Waals surface area contributed by atoms with Crippen LogP contribution in [0.25, 0.3) is 0 Å². The molecule has 0 heterocycles. The molecule has 0 aliphatic heterocycles. The predicted octanol–water partition coefficient (Wildman–Crippen LogP) is 4.53. The first-order valence-corrected chi connectivity index (χ1v) is 12.2. The van der Waals surface area contributed by atoms with Crippen molar-refractivity contribution in [3.05, 3.63) is 0 Å². The van der Waals surface area contributed by atoms with E-state index in [4.69, 9.17) is 10.5 Å². The van der Waals surface area contributed by atoms with Gasteiger partial charge in [-0.15, -0.1) is 0 Å². The van der Waals surface area contributed by atoms with Gasteiger partial charge in [0.1, 0.15) is 0 Å². The average Bonchev–Trinajstić information content (AvgIpc) is 3.04. The third-order valence-corrected chi connectivity index (χ3v) is 10.5. The van der Waals surface area contributed by atoms with E-state index in [-0.39, 0.29) is 12.1 Å². The van der Waals surface area contributed by atoms with E-state index >= 15 is 0 Å². The number of esters is 1. The van der Waals surface area contributed by atoms with E-state index < -0.39 is 0 Å². The Balaban J connectivity index is 1.53. The Bertz CT molecular complexity index is 623. The Kier molecular flexibility index (Phi) is 5.83. The summed E-state index contributed by atoms with van der Waals surface area (Å²) < 4.78 is 4.87. The van der Waals surface area contributed by atoms with E-state index in [1.807, 2.05) is 0 Å². The van der Waals surface area contributed by atoms with Crippen LogP contribution in [0.15, 0.2) is 0 Å². The van der Waals surface area contributed by atoms with Gasteiger partial charge >= 0.3 is 5.97 Å². The van der Waals surface area contributed by atoms with Crippen molar-refractivity contribution in [2.75, 3.05) is 7.11 Å². The Hall–Kier alpha value is -0.610. The molecule has 3 N–H and O–H groups in total. The number of carbonyl (C=O) groups is 1. The summed E-state index contributed by atoms with van der Waals surface area (Å²) in [7, 11) is 1.48. The molecule has 4 aliphatic carbocycles. The highest BCUT2D eigenvalue weighted by atomic mass is 16.5. The fraction of sp³-hybridized carbons (Fsp3) is 0.960. The van der Waals surface area contributed by atoms with E-state index in [0.29, 0.717) is 58.8 Å². The van der Waals surface area contributed by atoms with Crippen molar-refractivity contribution < 1.29 is 14.6 Å². The Morgan fingerprint density at radius 2 is 1.79 bits per heavy atom. The maximum absolute atomic E-state index is 11.7. The number of carbonyl (C=O) groups excluding carboxylic acids is 1. The van der Waals surface area contributed by atoms with E-state index in [9.17, 15) is 9.90 Å². The van der Waals surface area contributed by atoms with Gasteiger partial charge in [-0.2, -0.15) is 0 Å². The zero-order chi connectivity index (χ0) is 21.0. The number of aliphatic hydroxyl groups excluding tert-OH is 1. The molecule has 0 spiro atoms.